The lowest BCUT2D eigenvalue weighted by Gasteiger charge is -2.06. The molecule has 0 aromatic heterocycles. The fraction of sp³-hybridized carbons (Fsp3) is 0.300. The van der Waals surface area contributed by atoms with E-state index in [1.54, 1.807) is 26.0 Å². The lowest BCUT2D eigenvalue weighted by molar-refractivity contribution is 0.0362. The average molecular weight is 195 g/mol. The topological polar surface area (TPSA) is 58.6 Å². The van der Waals surface area contributed by atoms with Gasteiger partial charge in [-0.05, 0) is 25.5 Å². The van der Waals surface area contributed by atoms with Gasteiger partial charge in [-0.15, -0.1) is 0 Å². The Morgan fingerprint density at radius 2 is 2.29 bits per heavy atom. The molecule has 0 fully saturated rings. The van der Waals surface area contributed by atoms with Gasteiger partial charge in [-0.1, -0.05) is 12.1 Å². The molecular weight excluding hydrogens is 182 g/mol. The molecule has 0 aliphatic rings. The number of phenols is 1. The Balaban J connectivity index is 2.84. The normalized spacial score (nSPS) is 9.86. The Morgan fingerprint density at radius 1 is 1.57 bits per heavy atom. The number of carbonyl (C=O) groups excluding carboxylic acids is 1. The first kappa shape index (κ1) is 10.5. The zero-order chi connectivity index (χ0) is 10.6. The third-order valence-electron chi connectivity index (χ3n) is 1.79. The molecule has 1 rings (SSSR count). The number of hydrogen-bond acceptors (Lipinski definition) is 3. The molecule has 0 saturated heterocycles. The van der Waals surface area contributed by atoms with Crippen molar-refractivity contribution in [1.82, 2.24) is 5.48 Å². The minimum Gasteiger partial charge on any atom is -0.507 e. The molecule has 0 aliphatic carbocycles. The molecule has 0 heterocycles. The first-order valence-corrected chi connectivity index (χ1v) is 4.37. The number of benzene rings is 1. The first-order valence-electron chi connectivity index (χ1n) is 4.37. The van der Waals surface area contributed by atoms with Crippen LogP contribution in [0.5, 0.6) is 5.75 Å². The van der Waals surface area contributed by atoms with E-state index in [2.05, 4.69) is 5.48 Å². The van der Waals surface area contributed by atoms with Crippen LogP contribution in [0.15, 0.2) is 18.2 Å². The van der Waals surface area contributed by atoms with Crippen LogP contribution in [-0.4, -0.2) is 17.6 Å². The van der Waals surface area contributed by atoms with Crippen LogP contribution in [0.4, 0.5) is 0 Å². The van der Waals surface area contributed by atoms with E-state index in [0.29, 0.717) is 12.2 Å². The number of aryl methyl sites for hydroxylation is 1. The maximum Gasteiger partial charge on any atom is 0.278 e. The van der Waals surface area contributed by atoms with Crippen molar-refractivity contribution < 1.29 is 14.7 Å². The van der Waals surface area contributed by atoms with Crippen molar-refractivity contribution in [2.24, 2.45) is 0 Å². The molecule has 0 aliphatic heterocycles. The molecule has 2 N–H and O–H groups in total. The number of rotatable bonds is 3. The number of amides is 1. The quantitative estimate of drug-likeness (QED) is 0.716. The summed E-state index contributed by atoms with van der Waals surface area (Å²) in [6.07, 6.45) is 0. The highest BCUT2D eigenvalue weighted by atomic mass is 16.6. The van der Waals surface area contributed by atoms with Crippen molar-refractivity contribution in [3.05, 3.63) is 29.3 Å². The summed E-state index contributed by atoms with van der Waals surface area (Å²) in [5.74, 6) is -0.447. The van der Waals surface area contributed by atoms with Crippen LogP contribution in [0.1, 0.15) is 22.8 Å². The van der Waals surface area contributed by atoms with Gasteiger partial charge in [-0.3, -0.25) is 9.63 Å². The molecule has 0 spiro atoms. The second kappa shape index (κ2) is 4.62. The van der Waals surface area contributed by atoms with Crippen molar-refractivity contribution in [1.29, 1.82) is 0 Å². The van der Waals surface area contributed by atoms with Crippen molar-refractivity contribution in [3.8, 4) is 5.75 Å². The summed E-state index contributed by atoms with van der Waals surface area (Å²) in [4.78, 5) is 16.1. The summed E-state index contributed by atoms with van der Waals surface area (Å²) in [5.41, 5.74) is 3.10. The van der Waals surface area contributed by atoms with Crippen LogP contribution in [0, 0.1) is 6.92 Å². The number of aromatic hydroxyl groups is 1. The fourth-order valence-electron chi connectivity index (χ4n) is 1.03. The second-order valence-electron chi connectivity index (χ2n) is 2.84. The molecule has 0 saturated carbocycles. The van der Waals surface area contributed by atoms with E-state index in [-0.39, 0.29) is 11.3 Å². The van der Waals surface area contributed by atoms with Gasteiger partial charge in [0.1, 0.15) is 5.75 Å². The molecule has 1 aromatic rings. The minimum atomic E-state index is -0.437. The van der Waals surface area contributed by atoms with E-state index in [1.165, 1.54) is 6.07 Å². The Kier molecular flexibility index (Phi) is 3.48. The van der Waals surface area contributed by atoms with Gasteiger partial charge in [-0.2, -0.15) is 0 Å². The van der Waals surface area contributed by atoms with Gasteiger partial charge in [0.15, 0.2) is 0 Å². The molecule has 14 heavy (non-hydrogen) atoms. The van der Waals surface area contributed by atoms with Gasteiger partial charge in [0.25, 0.3) is 5.91 Å². The smallest absolute Gasteiger partial charge is 0.278 e. The largest absolute Gasteiger partial charge is 0.507 e. The number of hydroxylamine groups is 1. The van der Waals surface area contributed by atoms with Crippen molar-refractivity contribution in [3.63, 3.8) is 0 Å². The molecule has 1 aromatic carbocycles. The maximum absolute atomic E-state index is 11.4. The van der Waals surface area contributed by atoms with E-state index in [9.17, 15) is 9.90 Å². The number of para-hydroxylation sites is 1. The number of phenolic OH excluding ortho intramolecular Hbond substituents is 1. The summed E-state index contributed by atoms with van der Waals surface area (Å²) in [6, 6.07) is 4.97. The van der Waals surface area contributed by atoms with Crippen molar-refractivity contribution >= 4 is 5.91 Å². The van der Waals surface area contributed by atoms with E-state index < -0.39 is 5.91 Å². The SMILES string of the molecule is CCONC(=O)c1cccc(C)c1O. The summed E-state index contributed by atoms with van der Waals surface area (Å²) < 4.78 is 0. The van der Waals surface area contributed by atoms with Gasteiger partial charge < -0.3 is 5.11 Å². The molecule has 1 amide bonds. The van der Waals surface area contributed by atoms with E-state index in [1.807, 2.05) is 0 Å². The fourth-order valence-corrected chi connectivity index (χ4v) is 1.03. The van der Waals surface area contributed by atoms with Gasteiger partial charge in [0.05, 0.1) is 12.2 Å². The molecule has 0 unspecified atom stereocenters. The standard InChI is InChI=1S/C10H13NO3/c1-3-14-11-10(13)8-6-4-5-7(2)9(8)12/h4-6,12H,3H2,1-2H3,(H,11,13). The molecule has 0 atom stereocenters. The van der Waals surface area contributed by atoms with E-state index in [0.717, 1.165) is 0 Å². The number of nitrogens with one attached hydrogen (secondary N) is 1. The Morgan fingerprint density at radius 3 is 2.93 bits per heavy atom. The number of hydrogen-bond donors (Lipinski definition) is 2. The highest BCUT2D eigenvalue weighted by molar-refractivity contribution is 5.96. The molecule has 0 radical (unpaired) electrons. The maximum atomic E-state index is 11.4. The highest BCUT2D eigenvalue weighted by Gasteiger charge is 2.11. The Hall–Kier alpha value is -1.55. The van der Waals surface area contributed by atoms with Crippen LogP contribution < -0.4 is 5.48 Å². The zero-order valence-corrected chi connectivity index (χ0v) is 8.20. The Labute approximate surface area is 82.5 Å². The van der Waals surface area contributed by atoms with Gasteiger partial charge in [-0.25, -0.2) is 5.48 Å². The van der Waals surface area contributed by atoms with Crippen molar-refractivity contribution in [2.75, 3.05) is 6.61 Å². The predicted molar refractivity (Wildman–Crippen MR) is 51.9 cm³/mol. The average Bonchev–Trinajstić information content (AvgIpc) is 2.18. The summed E-state index contributed by atoms with van der Waals surface area (Å²) in [6.45, 7) is 3.88. The zero-order valence-electron chi connectivity index (χ0n) is 8.20. The first-order chi connectivity index (χ1) is 6.66. The molecular formula is C10H13NO3. The van der Waals surface area contributed by atoms with Gasteiger partial charge >= 0.3 is 0 Å². The third-order valence-corrected chi connectivity index (χ3v) is 1.79. The van der Waals surface area contributed by atoms with Crippen LogP contribution in [0.25, 0.3) is 0 Å². The monoisotopic (exact) mass is 195 g/mol. The molecule has 4 heteroatoms. The Bertz CT molecular complexity index is 336. The summed E-state index contributed by atoms with van der Waals surface area (Å²) >= 11 is 0. The summed E-state index contributed by atoms with van der Waals surface area (Å²) in [5, 5.41) is 9.55. The second-order valence-corrected chi connectivity index (χ2v) is 2.84. The van der Waals surface area contributed by atoms with Crippen molar-refractivity contribution in [2.45, 2.75) is 13.8 Å². The predicted octanol–water partition coefficient (Wildman–Crippen LogP) is 1.38. The van der Waals surface area contributed by atoms with Gasteiger partial charge in [0.2, 0.25) is 0 Å². The molecule has 0 bridgehead atoms. The minimum absolute atomic E-state index is 0.00953. The lowest BCUT2D eigenvalue weighted by atomic mass is 10.1. The highest BCUT2D eigenvalue weighted by Crippen LogP contribution is 2.20. The van der Waals surface area contributed by atoms with E-state index >= 15 is 0 Å². The third kappa shape index (κ3) is 2.23. The number of carbonyl (C=O) groups is 1. The molecule has 76 valence electrons. The van der Waals surface area contributed by atoms with Crippen LogP contribution >= 0.6 is 0 Å². The van der Waals surface area contributed by atoms with Gasteiger partial charge in [0, 0.05) is 0 Å². The van der Waals surface area contributed by atoms with Crippen LogP contribution in [0.2, 0.25) is 0 Å². The molecule has 4 nitrogen and oxygen atoms in total. The van der Waals surface area contributed by atoms with E-state index in [4.69, 9.17) is 4.84 Å². The lowest BCUT2D eigenvalue weighted by Crippen LogP contribution is -2.23. The summed E-state index contributed by atoms with van der Waals surface area (Å²) in [7, 11) is 0. The van der Waals surface area contributed by atoms with Crippen LogP contribution in [0.3, 0.4) is 0 Å². The van der Waals surface area contributed by atoms with Crippen LogP contribution in [-0.2, 0) is 4.84 Å².